The molecule has 2 rings (SSSR count). The maximum atomic E-state index is 12.1. The number of benzene rings is 1. The highest BCUT2D eigenvalue weighted by molar-refractivity contribution is 7.91. The zero-order valence-electron chi connectivity index (χ0n) is 11.7. The first-order valence-corrected chi connectivity index (χ1v) is 10.3. The summed E-state index contributed by atoms with van der Waals surface area (Å²) >= 11 is 0. The standard InChI is InChI=1S/C13H20N2O4S2/c14-8-11-3-5-12(6-4-11)9-21(18,19)15-13-2-1-7-20(16,17)10-13/h3-6,13,15H,1-2,7-10,14H2. The smallest absolute Gasteiger partial charge is 0.216 e. The Balaban J connectivity index is 2.01. The van der Waals surface area contributed by atoms with Gasteiger partial charge in [0.1, 0.15) is 0 Å². The van der Waals surface area contributed by atoms with E-state index in [0.29, 0.717) is 24.9 Å². The first-order chi connectivity index (χ1) is 9.80. The summed E-state index contributed by atoms with van der Waals surface area (Å²) in [6, 6.07) is 6.50. The van der Waals surface area contributed by atoms with Gasteiger partial charge in [-0.15, -0.1) is 0 Å². The highest BCUT2D eigenvalue weighted by atomic mass is 32.2. The molecule has 0 bridgehead atoms. The van der Waals surface area contributed by atoms with E-state index in [1.807, 2.05) is 0 Å². The second-order valence-electron chi connectivity index (χ2n) is 5.35. The minimum absolute atomic E-state index is 0.113. The summed E-state index contributed by atoms with van der Waals surface area (Å²) in [5.74, 6) is -0.126. The second-order valence-corrected chi connectivity index (χ2v) is 9.33. The summed E-state index contributed by atoms with van der Waals surface area (Å²) in [5, 5.41) is 0. The van der Waals surface area contributed by atoms with E-state index in [1.165, 1.54) is 0 Å². The molecule has 1 aliphatic rings. The summed E-state index contributed by atoms with van der Waals surface area (Å²) in [4.78, 5) is 0. The lowest BCUT2D eigenvalue weighted by atomic mass is 10.1. The fourth-order valence-corrected chi connectivity index (χ4v) is 5.57. The predicted molar refractivity (Wildman–Crippen MR) is 81.8 cm³/mol. The van der Waals surface area contributed by atoms with Gasteiger partial charge in [0.2, 0.25) is 10.0 Å². The van der Waals surface area contributed by atoms with Gasteiger partial charge >= 0.3 is 0 Å². The Kier molecular flexibility index (Phi) is 5.03. The summed E-state index contributed by atoms with van der Waals surface area (Å²) in [6.45, 7) is 0.408. The minimum atomic E-state index is -3.55. The van der Waals surface area contributed by atoms with Crippen LogP contribution < -0.4 is 10.5 Å². The van der Waals surface area contributed by atoms with Crippen molar-refractivity contribution in [2.45, 2.75) is 31.2 Å². The molecule has 1 aliphatic heterocycles. The van der Waals surface area contributed by atoms with Crippen molar-refractivity contribution in [2.75, 3.05) is 11.5 Å². The topological polar surface area (TPSA) is 106 Å². The first-order valence-electron chi connectivity index (χ1n) is 6.78. The van der Waals surface area contributed by atoms with Crippen molar-refractivity contribution in [3.8, 4) is 0 Å². The quantitative estimate of drug-likeness (QED) is 0.798. The van der Waals surface area contributed by atoms with Crippen molar-refractivity contribution in [3.05, 3.63) is 35.4 Å². The van der Waals surface area contributed by atoms with Crippen LogP contribution in [0.5, 0.6) is 0 Å². The molecule has 0 amide bonds. The molecule has 1 aromatic rings. The van der Waals surface area contributed by atoms with Crippen LogP contribution in [0.2, 0.25) is 0 Å². The Bertz CT molecular complexity index is 681. The van der Waals surface area contributed by atoms with E-state index in [1.54, 1.807) is 24.3 Å². The SMILES string of the molecule is NCc1ccc(CS(=O)(=O)NC2CCCS(=O)(=O)C2)cc1. The van der Waals surface area contributed by atoms with Crippen LogP contribution in [0.4, 0.5) is 0 Å². The van der Waals surface area contributed by atoms with Gasteiger partial charge in [0, 0.05) is 12.6 Å². The Morgan fingerprint density at radius 2 is 1.81 bits per heavy atom. The molecule has 8 heteroatoms. The zero-order valence-corrected chi connectivity index (χ0v) is 13.3. The Labute approximate surface area is 125 Å². The Morgan fingerprint density at radius 3 is 2.38 bits per heavy atom. The van der Waals surface area contributed by atoms with E-state index < -0.39 is 25.9 Å². The number of sulfonamides is 1. The van der Waals surface area contributed by atoms with Gasteiger partial charge in [-0.2, -0.15) is 0 Å². The molecule has 1 fully saturated rings. The molecule has 6 nitrogen and oxygen atoms in total. The monoisotopic (exact) mass is 332 g/mol. The van der Waals surface area contributed by atoms with Crippen LogP contribution in [-0.2, 0) is 32.2 Å². The lowest BCUT2D eigenvalue weighted by Crippen LogP contribution is -2.43. The van der Waals surface area contributed by atoms with E-state index in [9.17, 15) is 16.8 Å². The predicted octanol–water partition coefficient (Wildman–Crippen LogP) is 0.142. The maximum Gasteiger partial charge on any atom is 0.216 e. The van der Waals surface area contributed by atoms with Crippen LogP contribution in [0, 0.1) is 0 Å². The molecule has 1 aromatic carbocycles. The van der Waals surface area contributed by atoms with Crippen LogP contribution in [0.25, 0.3) is 0 Å². The molecule has 1 saturated heterocycles. The summed E-state index contributed by atoms with van der Waals surface area (Å²) in [5.41, 5.74) is 7.07. The highest BCUT2D eigenvalue weighted by Crippen LogP contribution is 2.14. The van der Waals surface area contributed by atoms with Crippen LogP contribution >= 0.6 is 0 Å². The molecule has 0 spiro atoms. The average molecular weight is 332 g/mol. The van der Waals surface area contributed by atoms with Crippen molar-refractivity contribution in [1.29, 1.82) is 0 Å². The van der Waals surface area contributed by atoms with Crippen LogP contribution in [-0.4, -0.2) is 34.4 Å². The fraction of sp³-hybridized carbons (Fsp3) is 0.538. The third-order valence-electron chi connectivity index (χ3n) is 3.42. The molecule has 0 aromatic heterocycles. The number of sulfone groups is 1. The fourth-order valence-electron chi connectivity index (χ4n) is 2.40. The van der Waals surface area contributed by atoms with Gasteiger partial charge in [0.15, 0.2) is 9.84 Å². The summed E-state index contributed by atoms with van der Waals surface area (Å²) < 4.78 is 49.8. The van der Waals surface area contributed by atoms with Gasteiger partial charge < -0.3 is 5.73 Å². The van der Waals surface area contributed by atoms with Crippen molar-refractivity contribution in [3.63, 3.8) is 0 Å². The van der Waals surface area contributed by atoms with Gasteiger partial charge in [-0.25, -0.2) is 21.6 Å². The summed E-state index contributed by atoms with van der Waals surface area (Å²) in [6.07, 6.45) is 1.06. The number of nitrogens with two attached hydrogens (primary N) is 1. The maximum absolute atomic E-state index is 12.1. The minimum Gasteiger partial charge on any atom is -0.326 e. The highest BCUT2D eigenvalue weighted by Gasteiger charge is 2.28. The Hall–Kier alpha value is -0.960. The molecule has 0 saturated carbocycles. The lowest BCUT2D eigenvalue weighted by Gasteiger charge is -2.22. The van der Waals surface area contributed by atoms with E-state index in [2.05, 4.69) is 4.72 Å². The normalized spacial score (nSPS) is 22.0. The van der Waals surface area contributed by atoms with Crippen molar-refractivity contribution in [2.24, 2.45) is 5.73 Å². The van der Waals surface area contributed by atoms with Gasteiger partial charge in [-0.1, -0.05) is 24.3 Å². The zero-order chi connectivity index (χ0) is 15.5. The van der Waals surface area contributed by atoms with Crippen LogP contribution in [0.15, 0.2) is 24.3 Å². The first kappa shape index (κ1) is 16.4. The second kappa shape index (κ2) is 6.43. The number of hydrogen-bond donors (Lipinski definition) is 2. The number of rotatable bonds is 5. The number of hydrogen-bond acceptors (Lipinski definition) is 5. The molecule has 3 N–H and O–H groups in total. The van der Waals surface area contributed by atoms with Gasteiger partial charge in [-0.05, 0) is 24.0 Å². The van der Waals surface area contributed by atoms with Gasteiger partial charge in [0.25, 0.3) is 0 Å². The third kappa shape index (κ3) is 5.06. The lowest BCUT2D eigenvalue weighted by molar-refractivity contribution is 0.517. The van der Waals surface area contributed by atoms with Crippen molar-refractivity contribution >= 4 is 19.9 Å². The molecule has 118 valence electrons. The van der Waals surface area contributed by atoms with Crippen LogP contribution in [0.3, 0.4) is 0 Å². The van der Waals surface area contributed by atoms with E-state index in [4.69, 9.17) is 5.73 Å². The van der Waals surface area contributed by atoms with Crippen LogP contribution in [0.1, 0.15) is 24.0 Å². The van der Waals surface area contributed by atoms with E-state index in [0.717, 1.165) is 5.56 Å². The van der Waals surface area contributed by atoms with Gasteiger partial charge in [0.05, 0.1) is 17.3 Å². The molecule has 1 atom stereocenters. The third-order valence-corrected chi connectivity index (χ3v) is 6.65. The average Bonchev–Trinajstić information content (AvgIpc) is 2.37. The molecule has 1 unspecified atom stereocenters. The van der Waals surface area contributed by atoms with E-state index in [-0.39, 0.29) is 17.3 Å². The van der Waals surface area contributed by atoms with Gasteiger partial charge in [-0.3, -0.25) is 0 Å². The van der Waals surface area contributed by atoms with Crippen molar-refractivity contribution in [1.82, 2.24) is 4.72 Å². The molecular weight excluding hydrogens is 312 g/mol. The number of nitrogens with one attached hydrogen (secondary N) is 1. The Morgan fingerprint density at radius 1 is 1.19 bits per heavy atom. The molecular formula is C13H20N2O4S2. The molecule has 21 heavy (non-hydrogen) atoms. The summed E-state index contributed by atoms with van der Waals surface area (Å²) in [7, 11) is -6.68. The molecule has 0 aliphatic carbocycles. The molecule has 0 radical (unpaired) electrons. The van der Waals surface area contributed by atoms with Crippen molar-refractivity contribution < 1.29 is 16.8 Å². The largest absolute Gasteiger partial charge is 0.326 e. The van der Waals surface area contributed by atoms with E-state index >= 15 is 0 Å². The molecule has 1 heterocycles.